The van der Waals surface area contributed by atoms with Gasteiger partial charge in [-0.1, -0.05) is 43.0 Å². The largest absolute Gasteiger partial charge is 0.355 e. The Bertz CT molecular complexity index is 405. The zero-order chi connectivity index (χ0) is 11.3. The number of carbonyl (C=O) groups is 1. The van der Waals surface area contributed by atoms with Gasteiger partial charge in [0.15, 0.2) is 0 Å². The Balaban J connectivity index is 3.24. The van der Waals surface area contributed by atoms with Crippen LogP contribution in [0.1, 0.15) is 18.1 Å². The van der Waals surface area contributed by atoms with Crippen molar-refractivity contribution < 1.29 is 4.79 Å². The normalized spacial score (nSPS) is 10.9. The van der Waals surface area contributed by atoms with Crippen LogP contribution in [0.3, 0.4) is 0 Å². The quantitative estimate of drug-likeness (QED) is 0.748. The van der Waals surface area contributed by atoms with E-state index in [9.17, 15) is 4.79 Å². The van der Waals surface area contributed by atoms with Crippen LogP contribution in [0, 0.1) is 0 Å². The van der Waals surface area contributed by atoms with Crippen LogP contribution in [-0.2, 0) is 4.79 Å². The van der Waals surface area contributed by atoms with Gasteiger partial charge in [0.2, 0.25) is 0 Å². The molecule has 1 aromatic carbocycles. The van der Waals surface area contributed by atoms with Gasteiger partial charge < -0.3 is 5.32 Å². The van der Waals surface area contributed by atoms with Crippen molar-refractivity contribution in [2.24, 2.45) is 0 Å². The molecule has 78 valence electrons. The number of carbonyl (C=O) groups excluding carboxylic acids is 1. The number of likely N-dealkylation sites (N-methyl/N-ethyl adjacent to an activating group) is 1. The molecule has 0 unspecified atom stereocenters. The first-order valence-electron chi connectivity index (χ1n) is 4.84. The number of hydrogen-bond acceptors (Lipinski definition) is 1. The van der Waals surface area contributed by atoms with Gasteiger partial charge in [-0.05, 0) is 18.1 Å². The van der Waals surface area contributed by atoms with E-state index in [4.69, 9.17) is 0 Å². The van der Waals surface area contributed by atoms with E-state index < -0.39 is 0 Å². The van der Waals surface area contributed by atoms with Crippen LogP contribution >= 0.6 is 0 Å². The Hall–Kier alpha value is -1.83. The molecule has 1 aromatic rings. The van der Waals surface area contributed by atoms with E-state index in [2.05, 4.69) is 11.9 Å². The van der Waals surface area contributed by atoms with Gasteiger partial charge in [0.05, 0.1) is 0 Å². The third-order valence-corrected chi connectivity index (χ3v) is 2.23. The Morgan fingerprint density at radius 2 is 2.07 bits per heavy atom. The van der Waals surface area contributed by atoms with Gasteiger partial charge in [0.25, 0.3) is 5.91 Å². The van der Waals surface area contributed by atoms with Crippen LogP contribution in [0.25, 0.3) is 11.6 Å². The Labute approximate surface area is 90.3 Å². The molecule has 2 nitrogen and oxygen atoms in total. The molecule has 15 heavy (non-hydrogen) atoms. The lowest BCUT2D eigenvalue weighted by Gasteiger charge is -2.08. The molecule has 0 aromatic heterocycles. The summed E-state index contributed by atoms with van der Waals surface area (Å²) in [6.45, 7) is 5.59. The number of amides is 1. The van der Waals surface area contributed by atoms with Gasteiger partial charge in [-0.25, -0.2) is 0 Å². The Morgan fingerprint density at radius 3 is 2.60 bits per heavy atom. The second-order valence-electron chi connectivity index (χ2n) is 3.07. The minimum Gasteiger partial charge on any atom is -0.355 e. The highest BCUT2D eigenvalue weighted by molar-refractivity contribution is 6.20. The molecular formula is C13H15NO. The molecular weight excluding hydrogens is 186 g/mol. The highest BCUT2D eigenvalue weighted by atomic mass is 16.1. The third kappa shape index (κ3) is 2.34. The van der Waals surface area contributed by atoms with Gasteiger partial charge in [-0.15, -0.1) is 0 Å². The first-order chi connectivity index (χ1) is 7.24. The summed E-state index contributed by atoms with van der Waals surface area (Å²) in [5.41, 5.74) is 2.55. The molecule has 0 bridgehead atoms. The third-order valence-electron chi connectivity index (χ3n) is 2.23. The summed E-state index contributed by atoms with van der Waals surface area (Å²) >= 11 is 0. The maximum atomic E-state index is 11.6. The van der Waals surface area contributed by atoms with E-state index in [0.717, 1.165) is 11.1 Å². The zero-order valence-corrected chi connectivity index (χ0v) is 9.08. The molecule has 0 fully saturated rings. The van der Waals surface area contributed by atoms with Crippen LogP contribution in [0.4, 0.5) is 0 Å². The summed E-state index contributed by atoms with van der Waals surface area (Å²) in [6.07, 6.45) is 3.56. The number of nitrogens with one attached hydrogen (secondary N) is 1. The molecule has 0 heterocycles. The zero-order valence-electron chi connectivity index (χ0n) is 9.08. The number of benzene rings is 1. The van der Waals surface area contributed by atoms with Gasteiger partial charge in [0, 0.05) is 12.6 Å². The van der Waals surface area contributed by atoms with Crippen molar-refractivity contribution >= 4 is 17.6 Å². The van der Waals surface area contributed by atoms with E-state index >= 15 is 0 Å². The van der Waals surface area contributed by atoms with E-state index in [0.29, 0.717) is 5.57 Å². The van der Waals surface area contributed by atoms with Gasteiger partial charge in [-0.2, -0.15) is 0 Å². The van der Waals surface area contributed by atoms with Crippen molar-refractivity contribution in [1.82, 2.24) is 5.32 Å². The minimum absolute atomic E-state index is 0.0770. The first kappa shape index (κ1) is 11.2. The second-order valence-corrected chi connectivity index (χ2v) is 3.07. The van der Waals surface area contributed by atoms with E-state index in [1.54, 1.807) is 19.2 Å². The highest BCUT2D eigenvalue weighted by Gasteiger charge is 2.10. The predicted octanol–water partition coefficient (Wildman–Crippen LogP) is 2.48. The van der Waals surface area contributed by atoms with Crippen LogP contribution in [-0.4, -0.2) is 13.0 Å². The van der Waals surface area contributed by atoms with Crippen molar-refractivity contribution in [3.05, 3.63) is 48.0 Å². The lowest BCUT2D eigenvalue weighted by Crippen LogP contribution is -2.19. The summed E-state index contributed by atoms with van der Waals surface area (Å²) in [5.74, 6) is -0.0770. The lowest BCUT2D eigenvalue weighted by molar-refractivity contribution is -0.115. The first-order valence-corrected chi connectivity index (χ1v) is 4.84. The average Bonchev–Trinajstić information content (AvgIpc) is 2.30. The van der Waals surface area contributed by atoms with Gasteiger partial charge >= 0.3 is 0 Å². The van der Waals surface area contributed by atoms with Crippen molar-refractivity contribution in [1.29, 1.82) is 0 Å². The van der Waals surface area contributed by atoms with E-state index in [1.807, 2.05) is 31.2 Å². The molecule has 0 aliphatic carbocycles. The summed E-state index contributed by atoms with van der Waals surface area (Å²) in [5, 5.41) is 2.62. The molecule has 0 saturated heterocycles. The maximum absolute atomic E-state index is 11.6. The van der Waals surface area contributed by atoms with Crippen LogP contribution in [0.5, 0.6) is 0 Å². The molecule has 0 spiro atoms. The van der Waals surface area contributed by atoms with Crippen molar-refractivity contribution in [2.45, 2.75) is 6.92 Å². The van der Waals surface area contributed by atoms with Crippen LogP contribution in [0.2, 0.25) is 0 Å². The molecule has 0 atom stereocenters. The SMILES string of the molecule is C=Cc1ccccc1/C(=C\C)C(=O)NC. The Kier molecular flexibility index (Phi) is 3.86. The van der Waals surface area contributed by atoms with Gasteiger partial charge in [0.1, 0.15) is 0 Å². The molecule has 0 saturated carbocycles. The van der Waals surface area contributed by atoms with Crippen LogP contribution < -0.4 is 5.32 Å². The smallest absolute Gasteiger partial charge is 0.251 e. The van der Waals surface area contributed by atoms with Crippen molar-refractivity contribution in [2.75, 3.05) is 7.05 Å². The lowest BCUT2D eigenvalue weighted by atomic mass is 9.99. The second kappa shape index (κ2) is 5.15. The molecule has 2 heteroatoms. The summed E-state index contributed by atoms with van der Waals surface area (Å²) in [7, 11) is 1.63. The van der Waals surface area contributed by atoms with Gasteiger partial charge in [-0.3, -0.25) is 4.79 Å². The van der Waals surface area contributed by atoms with Crippen LogP contribution in [0.15, 0.2) is 36.9 Å². The fourth-order valence-electron chi connectivity index (χ4n) is 1.46. The summed E-state index contributed by atoms with van der Waals surface area (Å²) < 4.78 is 0. The Morgan fingerprint density at radius 1 is 1.40 bits per heavy atom. The number of allylic oxidation sites excluding steroid dienone is 1. The fraction of sp³-hybridized carbons (Fsp3) is 0.154. The van der Waals surface area contributed by atoms with E-state index in [1.165, 1.54) is 0 Å². The summed E-state index contributed by atoms with van der Waals surface area (Å²) in [6, 6.07) is 7.70. The predicted molar refractivity (Wildman–Crippen MR) is 64.3 cm³/mol. The molecule has 0 aliphatic rings. The van der Waals surface area contributed by atoms with Crippen molar-refractivity contribution in [3.63, 3.8) is 0 Å². The number of hydrogen-bond donors (Lipinski definition) is 1. The minimum atomic E-state index is -0.0770. The highest BCUT2D eigenvalue weighted by Crippen LogP contribution is 2.20. The molecule has 0 radical (unpaired) electrons. The summed E-state index contributed by atoms with van der Waals surface area (Å²) in [4.78, 5) is 11.6. The van der Waals surface area contributed by atoms with E-state index in [-0.39, 0.29) is 5.91 Å². The fourth-order valence-corrected chi connectivity index (χ4v) is 1.46. The molecule has 0 aliphatic heterocycles. The topological polar surface area (TPSA) is 29.1 Å². The molecule has 1 N–H and O–H groups in total. The average molecular weight is 201 g/mol. The standard InChI is InChI=1S/C13H15NO/c1-4-10-8-6-7-9-12(10)11(5-2)13(15)14-3/h4-9H,1H2,2-3H3,(H,14,15)/b11-5+. The molecule has 1 amide bonds. The van der Waals surface area contributed by atoms with Crippen molar-refractivity contribution in [3.8, 4) is 0 Å². The molecule has 1 rings (SSSR count). The monoisotopic (exact) mass is 201 g/mol. The number of rotatable bonds is 3. The maximum Gasteiger partial charge on any atom is 0.251 e.